The van der Waals surface area contributed by atoms with E-state index in [0.29, 0.717) is 0 Å². The number of benzene rings is 1. The van der Waals surface area contributed by atoms with Crippen LogP contribution in [-0.2, 0) is 13.0 Å². The largest absolute Gasteiger partial charge is 0.497 e. The molecule has 94 valence electrons. The molecule has 1 aliphatic carbocycles. The normalized spacial score (nSPS) is 14.2. The monoisotopic (exact) mass is 242 g/mol. The van der Waals surface area contributed by atoms with E-state index in [0.717, 1.165) is 18.7 Å². The van der Waals surface area contributed by atoms with Gasteiger partial charge in [-0.1, -0.05) is 0 Å². The summed E-state index contributed by atoms with van der Waals surface area (Å²) < 4.78 is 7.55. The third-order valence-electron chi connectivity index (χ3n) is 3.48. The Kier molecular flexibility index (Phi) is 2.63. The van der Waals surface area contributed by atoms with Gasteiger partial charge < -0.3 is 15.0 Å². The predicted molar refractivity (Wildman–Crippen MR) is 72.9 cm³/mol. The molecule has 1 aromatic carbocycles. The molecule has 1 heterocycles. The zero-order valence-electron chi connectivity index (χ0n) is 10.8. The van der Waals surface area contributed by atoms with Crippen LogP contribution in [0.3, 0.4) is 0 Å². The van der Waals surface area contributed by atoms with Gasteiger partial charge in [0.25, 0.3) is 0 Å². The molecule has 2 aromatic rings. The number of fused-ring (bicyclic) bond motifs is 3. The van der Waals surface area contributed by atoms with E-state index in [1.54, 1.807) is 7.11 Å². The van der Waals surface area contributed by atoms with Crippen molar-refractivity contribution in [1.82, 2.24) is 4.57 Å². The summed E-state index contributed by atoms with van der Waals surface area (Å²) in [6.07, 6.45) is 3.13. The van der Waals surface area contributed by atoms with Gasteiger partial charge in [-0.3, -0.25) is 0 Å². The zero-order chi connectivity index (χ0) is 12.7. The van der Waals surface area contributed by atoms with Gasteiger partial charge >= 0.3 is 0 Å². The first-order valence-corrected chi connectivity index (χ1v) is 6.30. The highest BCUT2D eigenvalue weighted by Gasteiger charge is 2.22. The van der Waals surface area contributed by atoms with Gasteiger partial charge in [0.15, 0.2) is 0 Å². The van der Waals surface area contributed by atoms with Gasteiger partial charge in [-0.15, -0.1) is 0 Å². The second kappa shape index (κ2) is 4.18. The third kappa shape index (κ3) is 1.71. The summed E-state index contributed by atoms with van der Waals surface area (Å²) in [5, 5.41) is 0. The van der Waals surface area contributed by atoms with Crippen LogP contribution in [0.5, 0.6) is 5.75 Å². The number of ether oxygens (including phenoxy) is 1. The van der Waals surface area contributed by atoms with Crippen LogP contribution in [0.2, 0.25) is 0 Å². The molecule has 0 unspecified atom stereocenters. The van der Waals surface area contributed by atoms with Crippen molar-refractivity contribution in [3.63, 3.8) is 0 Å². The van der Waals surface area contributed by atoms with Crippen molar-refractivity contribution in [3.8, 4) is 17.0 Å². The topological polar surface area (TPSA) is 40.2 Å². The summed E-state index contributed by atoms with van der Waals surface area (Å²) in [6.45, 7) is 2.90. The van der Waals surface area contributed by atoms with Crippen LogP contribution in [0.4, 0.5) is 0 Å². The lowest BCUT2D eigenvalue weighted by molar-refractivity contribution is 0.414. The lowest BCUT2D eigenvalue weighted by atomic mass is 10.1. The number of nitrogens with two attached hydrogens (primary N) is 1. The minimum atomic E-state index is 0.170. The second-order valence-electron chi connectivity index (χ2n) is 5.02. The first-order valence-electron chi connectivity index (χ1n) is 6.30. The molecular weight excluding hydrogens is 224 g/mol. The predicted octanol–water partition coefficient (Wildman–Crippen LogP) is 2.42. The van der Waals surface area contributed by atoms with Gasteiger partial charge in [0.1, 0.15) is 5.75 Å². The third-order valence-corrected chi connectivity index (χ3v) is 3.48. The maximum atomic E-state index is 5.90. The Morgan fingerprint density at radius 3 is 2.89 bits per heavy atom. The molecule has 0 bridgehead atoms. The molecule has 1 atom stereocenters. The molecule has 0 saturated carbocycles. The first-order chi connectivity index (χ1) is 8.69. The van der Waals surface area contributed by atoms with Gasteiger partial charge in [0.05, 0.1) is 12.8 Å². The molecule has 3 heteroatoms. The van der Waals surface area contributed by atoms with E-state index in [1.165, 1.54) is 22.4 Å². The molecule has 3 nitrogen and oxygen atoms in total. The van der Waals surface area contributed by atoms with E-state index in [1.807, 2.05) is 13.0 Å². The minimum Gasteiger partial charge on any atom is -0.497 e. The van der Waals surface area contributed by atoms with Gasteiger partial charge in [0, 0.05) is 30.8 Å². The van der Waals surface area contributed by atoms with Crippen LogP contribution >= 0.6 is 0 Å². The maximum Gasteiger partial charge on any atom is 0.119 e. The average Bonchev–Trinajstić information content (AvgIpc) is 2.87. The van der Waals surface area contributed by atoms with E-state index < -0.39 is 0 Å². The zero-order valence-corrected chi connectivity index (χ0v) is 10.8. The van der Waals surface area contributed by atoms with Crippen molar-refractivity contribution < 1.29 is 4.74 Å². The van der Waals surface area contributed by atoms with Gasteiger partial charge in [-0.05, 0) is 42.3 Å². The molecule has 2 N–H and O–H groups in total. The molecular formula is C15H18N2O. The van der Waals surface area contributed by atoms with Gasteiger partial charge in [-0.25, -0.2) is 0 Å². The van der Waals surface area contributed by atoms with Crippen LogP contribution in [0.25, 0.3) is 11.3 Å². The summed E-state index contributed by atoms with van der Waals surface area (Å²) in [4.78, 5) is 0. The van der Waals surface area contributed by atoms with E-state index >= 15 is 0 Å². The van der Waals surface area contributed by atoms with Crippen molar-refractivity contribution >= 4 is 0 Å². The SMILES string of the molecule is COc1ccc2c(c1)Cc1ccn(C[C@@H](C)N)c1-2. The summed E-state index contributed by atoms with van der Waals surface area (Å²) in [5.74, 6) is 0.928. The fraction of sp³-hybridized carbons (Fsp3) is 0.333. The Balaban J connectivity index is 2.05. The highest BCUT2D eigenvalue weighted by Crippen LogP contribution is 2.38. The molecule has 0 aliphatic heterocycles. The van der Waals surface area contributed by atoms with Crippen LogP contribution in [-0.4, -0.2) is 17.7 Å². The van der Waals surface area contributed by atoms with Crippen LogP contribution in [0.1, 0.15) is 18.1 Å². The van der Waals surface area contributed by atoms with Gasteiger partial charge in [-0.2, -0.15) is 0 Å². The van der Waals surface area contributed by atoms with Crippen molar-refractivity contribution in [1.29, 1.82) is 0 Å². The number of nitrogens with zero attached hydrogens (tertiary/aromatic N) is 1. The Hall–Kier alpha value is -1.74. The average molecular weight is 242 g/mol. The Morgan fingerprint density at radius 2 is 2.17 bits per heavy atom. The van der Waals surface area contributed by atoms with E-state index in [-0.39, 0.29) is 6.04 Å². The Morgan fingerprint density at radius 1 is 1.33 bits per heavy atom. The smallest absolute Gasteiger partial charge is 0.119 e. The van der Waals surface area contributed by atoms with Crippen molar-refractivity contribution in [3.05, 3.63) is 41.6 Å². The van der Waals surface area contributed by atoms with E-state index in [9.17, 15) is 0 Å². The summed E-state index contributed by atoms with van der Waals surface area (Å²) in [5.41, 5.74) is 11.3. The van der Waals surface area contributed by atoms with Crippen LogP contribution in [0.15, 0.2) is 30.5 Å². The van der Waals surface area contributed by atoms with Crippen molar-refractivity contribution in [2.24, 2.45) is 5.73 Å². The Bertz CT molecular complexity index is 584. The summed E-state index contributed by atoms with van der Waals surface area (Å²) >= 11 is 0. The molecule has 3 rings (SSSR count). The quantitative estimate of drug-likeness (QED) is 0.766. The second-order valence-corrected chi connectivity index (χ2v) is 5.02. The van der Waals surface area contributed by atoms with E-state index in [4.69, 9.17) is 10.5 Å². The standard InChI is InChI=1S/C15H18N2O/c1-10(16)9-17-6-5-11-7-12-8-13(18-2)3-4-14(12)15(11)17/h3-6,8,10H,7,9,16H2,1-2H3/t10-/m1/s1. The minimum absolute atomic E-state index is 0.170. The molecule has 18 heavy (non-hydrogen) atoms. The van der Waals surface area contributed by atoms with Crippen LogP contribution < -0.4 is 10.5 Å². The van der Waals surface area contributed by atoms with Crippen molar-refractivity contribution in [2.45, 2.75) is 25.9 Å². The molecule has 0 saturated heterocycles. The number of aromatic nitrogens is 1. The van der Waals surface area contributed by atoms with Crippen molar-refractivity contribution in [2.75, 3.05) is 7.11 Å². The molecule has 0 radical (unpaired) electrons. The summed E-state index contributed by atoms with van der Waals surface area (Å²) in [7, 11) is 1.71. The maximum absolute atomic E-state index is 5.90. The lowest BCUT2D eigenvalue weighted by Gasteiger charge is -2.12. The molecule has 0 amide bonds. The van der Waals surface area contributed by atoms with E-state index in [2.05, 4.69) is 29.0 Å². The highest BCUT2D eigenvalue weighted by molar-refractivity contribution is 5.75. The molecule has 0 spiro atoms. The van der Waals surface area contributed by atoms with Crippen LogP contribution in [0, 0.1) is 0 Å². The Labute approximate surface area is 107 Å². The molecule has 0 fully saturated rings. The lowest BCUT2D eigenvalue weighted by Crippen LogP contribution is -2.22. The van der Waals surface area contributed by atoms with Gasteiger partial charge in [0.2, 0.25) is 0 Å². The number of hydrogen-bond acceptors (Lipinski definition) is 2. The highest BCUT2D eigenvalue weighted by atomic mass is 16.5. The fourth-order valence-electron chi connectivity index (χ4n) is 2.73. The first kappa shape index (κ1) is 11.4. The summed E-state index contributed by atoms with van der Waals surface area (Å²) in [6, 6.07) is 8.67. The number of hydrogen-bond donors (Lipinski definition) is 1. The molecule has 1 aliphatic rings. The molecule has 1 aromatic heterocycles. The number of rotatable bonds is 3. The fourth-order valence-corrected chi connectivity index (χ4v) is 2.73. The number of methoxy groups -OCH3 is 1.